The fourth-order valence-corrected chi connectivity index (χ4v) is 5.04. The van der Waals surface area contributed by atoms with Crippen molar-refractivity contribution in [3.8, 4) is 0 Å². The van der Waals surface area contributed by atoms with Gasteiger partial charge in [0, 0.05) is 5.56 Å². The highest BCUT2D eigenvalue weighted by Gasteiger charge is 2.67. The van der Waals surface area contributed by atoms with Crippen LogP contribution in [0.25, 0.3) is 0 Å². The Morgan fingerprint density at radius 2 is 1.48 bits per heavy atom. The number of benzene rings is 1. The third kappa shape index (κ3) is 2.28. The van der Waals surface area contributed by atoms with Crippen molar-refractivity contribution in [3.05, 3.63) is 47.5 Å². The van der Waals surface area contributed by atoms with Crippen LogP contribution >= 0.6 is 0 Å². The van der Waals surface area contributed by atoms with Gasteiger partial charge in [0.2, 0.25) is 0 Å². The molecular formula is C19H15F3N2O3. The topological polar surface area (TPSA) is 66.5 Å². The minimum absolute atomic E-state index is 0.0365. The van der Waals surface area contributed by atoms with Crippen LogP contribution in [-0.2, 0) is 15.8 Å². The van der Waals surface area contributed by atoms with Gasteiger partial charge in [-0.2, -0.15) is 18.2 Å². The quantitative estimate of drug-likeness (QED) is 0.637. The van der Waals surface area contributed by atoms with Crippen molar-refractivity contribution < 1.29 is 27.6 Å². The van der Waals surface area contributed by atoms with Gasteiger partial charge >= 0.3 is 6.18 Å². The highest BCUT2D eigenvalue weighted by molar-refractivity contribution is 6.08. The molecule has 6 atom stereocenters. The zero-order valence-corrected chi connectivity index (χ0v) is 13.9. The zero-order valence-electron chi connectivity index (χ0n) is 13.9. The van der Waals surface area contributed by atoms with Crippen LogP contribution in [0.15, 0.2) is 36.4 Å². The Labute approximate surface area is 152 Å². The summed E-state index contributed by atoms with van der Waals surface area (Å²) in [6, 6.07) is 3.63. The molecule has 140 valence electrons. The number of amides is 3. The van der Waals surface area contributed by atoms with E-state index in [1.165, 1.54) is 0 Å². The Hall–Kier alpha value is -2.64. The van der Waals surface area contributed by atoms with Crippen LogP contribution in [0.3, 0.4) is 0 Å². The molecule has 2 bridgehead atoms. The van der Waals surface area contributed by atoms with Gasteiger partial charge < -0.3 is 0 Å². The second-order valence-electron chi connectivity index (χ2n) is 7.68. The van der Waals surface area contributed by atoms with E-state index >= 15 is 0 Å². The van der Waals surface area contributed by atoms with Gasteiger partial charge in [-0.25, -0.2) is 0 Å². The molecule has 1 aromatic carbocycles. The van der Waals surface area contributed by atoms with Crippen molar-refractivity contribution >= 4 is 17.7 Å². The maximum atomic E-state index is 12.8. The van der Waals surface area contributed by atoms with E-state index < -0.39 is 41.3 Å². The first-order valence-corrected chi connectivity index (χ1v) is 8.82. The first kappa shape index (κ1) is 16.5. The number of imide groups is 1. The van der Waals surface area contributed by atoms with E-state index in [9.17, 15) is 27.6 Å². The number of halogens is 3. The van der Waals surface area contributed by atoms with Crippen LogP contribution in [0.2, 0.25) is 0 Å². The van der Waals surface area contributed by atoms with E-state index in [4.69, 9.17) is 0 Å². The monoisotopic (exact) mass is 376 g/mol. The average molecular weight is 376 g/mol. The summed E-state index contributed by atoms with van der Waals surface area (Å²) in [5.41, 5.74) is 1.37. The maximum Gasteiger partial charge on any atom is 0.416 e. The van der Waals surface area contributed by atoms with Crippen molar-refractivity contribution in [3.63, 3.8) is 0 Å². The molecule has 3 fully saturated rings. The summed E-state index contributed by atoms with van der Waals surface area (Å²) < 4.78 is 37.9. The molecule has 8 heteroatoms. The average Bonchev–Trinajstić information content (AvgIpc) is 3.42. The fourth-order valence-electron chi connectivity index (χ4n) is 5.04. The molecule has 0 radical (unpaired) electrons. The summed E-state index contributed by atoms with van der Waals surface area (Å²) >= 11 is 0. The molecule has 1 N–H and O–H groups in total. The minimum Gasteiger partial charge on any atom is -0.272 e. The van der Waals surface area contributed by atoms with Crippen LogP contribution in [0.5, 0.6) is 0 Å². The highest BCUT2D eigenvalue weighted by Crippen LogP contribution is 2.65. The molecule has 2 saturated carbocycles. The summed E-state index contributed by atoms with van der Waals surface area (Å²) in [5, 5.41) is 0.771. The molecule has 1 heterocycles. The van der Waals surface area contributed by atoms with E-state index in [-0.39, 0.29) is 17.4 Å². The van der Waals surface area contributed by atoms with Gasteiger partial charge in [-0.3, -0.25) is 19.8 Å². The molecule has 1 saturated heterocycles. The lowest BCUT2D eigenvalue weighted by Gasteiger charge is -2.37. The van der Waals surface area contributed by atoms with Crippen molar-refractivity contribution in [1.29, 1.82) is 0 Å². The SMILES string of the molecule is O=C(NN1C(=O)C2C(C1=O)C1C=CC2[C@H]2C[C@@H]12)c1ccc(C(F)(F)F)cc1. The van der Waals surface area contributed by atoms with E-state index in [0.29, 0.717) is 11.8 Å². The van der Waals surface area contributed by atoms with E-state index in [1.807, 2.05) is 12.2 Å². The Morgan fingerprint density at radius 3 is 1.96 bits per heavy atom. The van der Waals surface area contributed by atoms with Gasteiger partial charge in [-0.1, -0.05) is 12.2 Å². The van der Waals surface area contributed by atoms with Crippen LogP contribution in [0.4, 0.5) is 13.2 Å². The molecule has 6 rings (SSSR count). The van der Waals surface area contributed by atoms with Crippen LogP contribution in [-0.4, -0.2) is 22.7 Å². The molecule has 27 heavy (non-hydrogen) atoms. The summed E-state index contributed by atoms with van der Waals surface area (Å²) in [5.74, 6) is -1.54. The molecule has 1 aromatic rings. The predicted octanol–water partition coefficient (Wildman–Crippen LogP) is 2.40. The first-order valence-electron chi connectivity index (χ1n) is 8.82. The second-order valence-corrected chi connectivity index (χ2v) is 7.68. The fraction of sp³-hybridized carbons (Fsp3) is 0.421. The van der Waals surface area contributed by atoms with Gasteiger partial charge in [0.05, 0.1) is 17.4 Å². The number of hydrazine groups is 1. The molecule has 0 aromatic heterocycles. The van der Waals surface area contributed by atoms with Gasteiger partial charge in [0.25, 0.3) is 17.7 Å². The zero-order chi connectivity index (χ0) is 19.1. The predicted molar refractivity (Wildman–Crippen MR) is 85.5 cm³/mol. The van der Waals surface area contributed by atoms with Crippen LogP contribution in [0, 0.1) is 35.5 Å². The van der Waals surface area contributed by atoms with Crippen LogP contribution in [0.1, 0.15) is 22.3 Å². The Morgan fingerprint density at radius 1 is 0.963 bits per heavy atom. The van der Waals surface area contributed by atoms with Crippen LogP contribution < -0.4 is 5.43 Å². The molecule has 4 unspecified atom stereocenters. The van der Waals surface area contributed by atoms with E-state index in [1.54, 1.807) is 0 Å². The second kappa shape index (κ2) is 5.21. The van der Waals surface area contributed by atoms with Crippen molar-refractivity contribution in [1.82, 2.24) is 10.4 Å². The summed E-state index contributed by atoms with van der Waals surface area (Å²) in [6.07, 6.45) is 0.575. The van der Waals surface area contributed by atoms with Gasteiger partial charge in [-0.05, 0) is 54.4 Å². The molecule has 4 aliphatic carbocycles. The number of rotatable bonds is 2. The Kier molecular flexibility index (Phi) is 3.19. The summed E-state index contributed by atoms with van der Waals surface area (Å²) in [6.45, 7) is 0. The number of carbonyl (C=O) groups excluding carboxylic acids is 3. The molecule has 3 amide bonds. The number of allylic oxidation sites excluding steroid dienone is 2. The third-order valence-electron chi connectivity index (χ3n) is 6.35. The molecule has 5 nitrogen and oxygen atoms in total. The normalized spacial score (nSPS) is 35.9. The number of nitrogens with one attached hydrogen (secondary N) is 1. The standard InChI is InChI=1S/C19H15F3N2O3/c20-19(21,22)9-3-1-8(2-4-9)16(25)23-24-17(26)14-10-5-6-11(13-7-12(10)13)15(14)18(24)27/h1-6,10-15H,7H2,(H,23,25)/t10?,11?,12-,13+,14?,15?. The van der Waals surface area contributed by atoms with Gasteiger partial charge in [-0.15, -0.1) is 0 Å². The smallest absolute Gasteiger partial charge is 0.272 e. The molecule has 1 aliphatic heterocycles. The van der Waals surface area contributed by atoms with Gasteiger partial charge in [0.15, 0.2) is 0 Å². The number of hydrogen-bond acceptors (Lipinski definition) is 3. The summed E-state index contributed by atoms with van der Waals surface area (Å²) in [7, 11) is 0. The van der Waals surface area contributed by atoms with Crippen molar-refractivity contribution in [2.75, 3.05) is 0 Å². The van der Waals surface area contributed by atoms with Crippen molar-refractivity contribution in [2.45, 2.75) is 12.6 Å². The lowest BCUT2D eigenvalue weighted by molar-refractivity contribution is -0.143. The summed E-state index contributed by atoms with van der Waals surface area (Å²) in [4.78, 5) is 37.9. The molecular weight excluding hydrogens is 361 g/mol. The minimum atomic E-state index is -4.50. The largest absolute Gasteiger partial charge is 0.416 e. The molecule has 0 spiro atoms. The number of nitrogens with zero attached hydrogens (tertiary/aromatic N) is 1. The first-order chi connectivity index (χ1) is 12.8. The Bertz CT molecular complexity index is 856. The van der Waals surface area contributed by atoms with E-state index in [0.717, 1.165) is 35.7 Å². The van der Waals surface area contributed by atoms with Crippen molar-refractivity contribution in [2.24, 2.45) is 35.5 Å². The number of carbonyl (C=O) groups is 3. The van der Waals surface area contributed by atoms with E-state index in [2.05, 4.69) is 5.43 Å². The lowest BCUT2D eigenvalue weighted by atomic mass is 9.63. The van der Waals surface area contributed by atoms with Gasteiger partial charge in [0.1, 0.15) is 0 Å². The maximum absolute atomic E-state index is 12.8. The number of hydrogen-bond donors (Lipinski definition) is 1. The highest BCUT2D eigenvalue weighted by atomic mass is 19.4. The molecule has 5 aliphatic rings. The number of alkyl halides is 3. The lowest BCUT2D eigenvalue weighted by Crippen LogP contribution is -2.46. The Balaban J connectivity index is 1.35. The third-order valence-corrected chi connectivity index (χ3v) is 6.35.